The molecule has 84 heavy (non-hydrogen) atoms. The molecule has 0 spiro atoms. The third-order valence-corrected chi connectivity index (χ3v) is 56.8. The average Bonchev–Trinajstić information content (AvgIpc) is 1.77. The fourth-order valence-electron chi connectivity index (χ4n) is 9.94. The molecule has 8 atom stereocenters. The van der Waals surface area contributed by atoms with E-state index >= 15 is 0 Å². The van der Waals surface area contributed by atoms with Crippen LogP contribution in [0.5, 0.6) is 0 Å². The minimum atomic E-state index is -4.71. The van der Waals surface area contributed by atoms with E-state index in [-0.39, 0.29) is 164 Å². The molecule has 0 aromatic heterocycles. The Morgan fingerprint density at radius 2 is 0.405 bits per heavy atom. The van der Waals surface area contributed by atoms with Crippen LogP contribution in [-0.2, 0) is 117 Å². The van der Waals surface area contributed by atoms with E-state index in [1.165, 1.54) is 0 Å². The van der Waals surface area contributed by atoms with Crippen molar-refractivity contribution in [3.8, 4) is 0 Å². The first kappa shape index (κ1) is 69.8. The minimum absolute atomic E-state index is 0.0121. The molecule has 0 aromatic carbocycles. The van der Waals surface area contributed by atoms with Crippen LogP contribution in [-0.4, -0.2) is 170 Å². The number of carbonyl (C=O) groups is 8. The van der Waals surface area contributed by atoms with E-state index in [9.17, 15) is 38.4 Å². The fourth-order valence-corrected chi connectivity index (χ4v) is 70.7. The fraction of sp³-hybridized carbons (Fsp3) is 0.520. The van der Waals surface area contributed by atoms with Gasteiger partial charge >= 0.3 is 117 Å². The van der Waals surface area contributed by atoms with Crippen molar-refractivity contribution in [1.82, 2.24) is 0 Å². The Balaban J connectivity index is 1.93. The predicted octanol–water partition coefficient (Wildman–Crippen LogP) is 5.78. The van der Waals surface area contributed by atoms with Crippen LogP contribution in [0.1, 0.15) is 51.4 Å². The summed E-state index contributed by atoms with van der Waals surface area (Å²) < 4.78 is 123. The molecular formula is C50H76O26Si8. The maximum Gasteiger partial charge on any atom is 0.477 e. The van der Waals surface area contributed by atoms with Crippen LogP contribution in [0.3, 0.4) is 0 Å². The second kappa shape index (κ2) is 32.7. The molecule has 6 rings (SSSR count). The molecule has 0 N–H and O–H groups in total. The van der Waals surface area contributed by atoms with Gasteiger partial charge in [0.05, 0.1) is 52.9 Å². The molecule has 6 heterocycles. The number of esters is 8. The Labute approximate surface area is 497 Å². The molecule has 8 bridgehead atoms. The summed E-state index contributed by atoms with van der Waals surface area (Å²) in [4.78, 5) is 101. The SMILES string of the molecule is C=CC(=O)OCCC[Si]12C[Si]3(CCCOC(=O)C=C)O[Si]4(CCCOC(=O)C=C)O[Si](CCCOC(=O)C=C)(C[Si]5(CCCOC(=O)C=C)O[Si](CCCOC(=O)C=C)(O1)O[Si](CCCOC(=O)C=C)(O3)O[Si](CCCOC(=O)C=C)(O5)O4)O2. The number of rotatable bonds is 40. The monoisotopic (exact) mass is 1320 g/mol. The van der Waals surface area contributed by atoms with Gasteiger partial charge in [-0.1, -0.05) is 52.6 Å². The Bertz CT molecular complexity index is 1900. The Morgan fingerprint density at radius 3 is 0.583 bits per heavy atom. The molecule has 6 aliphatic rings. The van der Waals surface area contributed by atoms with Crippen molar-refractivity contribution in [2.75, 3.05) is 52.9 Å². The van der Waals surface area contributed by atoms with Crippen LogP contribution in [0, 0.1) is 0 Å². The quantitative estimate of drug-likeness (QED) is 0.0231. The predicted molar refractivity (Wildman–Crippen MR) is 311 cm³/mol. The van der Waals surface area contributed by atoms with Gasteiger partial charge in [0, 0.05) is 84.1 Å². The van der Waals surface area contributed by atoms with Gasteiger partial charge in [-0.15, -0.1) is 0 Å². The molecule has 0 aromatic rings. The van der Waals surface area contributed by atoms with Gasteiger partial charge < -0.3 is 79.0 Å². The number of ether oxygens (including phenoxy) is 8. The van der Waals surface area contributed by atoms with Crippen molar-refractivity contribution in [2.45, 2.75) is 111 Å². The molecule has 26 nitrogen and oxygen atoms in total. The summed E-state index contributed by atoms with van der Waals surface area (Å²) in [5.41, 5.74) is -0.180. The van der Waals surface area contributed by atoms with E-state index in [0.29, 0.717) is 0 Å². The first-order valence-corrected chi connectivity index (χ1v) is 44.1. The average molecular weight is 1320 g/mol. The first-order valence-electron chi connectivity index (χ1n) is 27.5. The standard InChI is InChI=1S/C50H76O26Si8/c1-9-43(51)59-25-17-33-77-41-79(35-19-27-61-45(53)11-3)70-82(38-22-30-64-48(56)14-6)69-78(67-77,34-18-26-60-44(52)10-2)42-80(36-20-28-62-46(54)12-4)71-81(68-77,37-21-29-63-47(55)13-5)74-83(72-79,39-23-31-65-49(57)15-7)76-84(73-80,75-82)40-24-32-66-50(58)16-8/h9-16H,1-8,17-42H2. The summed E-state index contributed by atoms with van der Waals surface area (Å²) in [5.74, 6) is -5.63. The Morgan fingerprint density at radius 1 is 0.250 bits per heavy atom. The lowest BCUT2D eigenvalue weighted by molar-refractivity contribution is -0.138. The van der Waals surface area contributed by atoms with Gasteiger partial charge in [0.2, 0.25) is 0 Å². The minimum Gasteiger partial charge on any atom is -0.463 e. The first-order chi connectivity index (χ1) is 40.1. The van der Waals surface area contributed by atoms with Gasteiger partial charge in [0.15, 0.2) is 0 Å². The van der Waals surface area contributed by atoms with E-state index in [4.69, 9.17) is 79.0 Å². The second-order valence-corrected chi connectivity index (χ2v) is 47.3. The molecule has 34 heteroatoms. The highest BCUT2D eigenvalue weighted by atomic mass is 28.6. The van der Waals surface area contributed by atoms with Crippen molar-refractivity contribution < 1.29 is 117 Å². The smallest absolute Gasteiger partial charge is 0.463 e. The highest BCUT2D eigenvalue weighted by molar-refractivity contribution is 7.09. The zero-order valence-corrected chi connectivity index (χ0v) is 55.3. The number of hydrogen-bond donors (Lipinski definition) is 0. The molecule has 6 aliphatic heterocycles. The van der Waals surface area contributed by atoms with Crippen molar-refractivity contribution in [3.05, 3.63) is 101 Å². The Hall–Kier alpha value is -4.98. The van der Waals surface area contributed by atoms with E-state index in [1.807, 2.05) is 0 Å². The lowest BCUT2D eigenvalue weighted by Crippen LogP contribution is -2.86. The third kappa shape index (κ3) is 20.6. The third-order valence-electron chi connectivity index (χ3n) is 13.0. The molecular weight excluding hydrogens is 1240 g/mol. The van der Waals surface area contributed by atoms with Gasteiger partial charge in [0.1, 0.15) is 0 Å². The van der Waals surface area contributed by atoms with Crippen molar-refractivity contribution in [1.29, 1.82) is 0 Å². The summed E-state index contributed by atoms with van der Waals surface area (Å²) in [6, 6.07) is -0.315. The highest BCUT2D eigenvalue weighted by Gasteiger charge is 2.80. The maximum atomic E-state index is 12.6. The Kier molecular flexibility index (Phi) is 27.1. The summed E-state index contributed by atoms with van der Waals surface area (Å²) in [6.45, 7) is 26.9. The van der Waals surface area contributed by atoms with E-state index in [1.54, 1.807) is 0 Å². The largest absolute Gasteiger partial charge is 0.477 e. The molecule has 0 amide bonds. The highest BCUT2D eigenvalue weighted by Crippen LogP contribution is 2.57. The van der Waals surface area contributed by atoms with Crippen molar-refractivity contribution in [3.63, 3.8) is 0 Å². The van der Waals surface area contributed by atoms with E-state index in [2.05, 4.69) is 52.6 Å². The van der Waals surface area contributed by atoms with E-state index in [0.717, 1.165) is 48.6 Å². The number of hydrogen-bond acceptors (Lipinski definition) is 26. The normalized spacial score (nSPS) is 28.8. The summed E-state index contributed by atoms with van der Waals surface area (Å²) in [5, 5.41) is 0. The molecule has 0 saturated carbocycles. The van der Waals surface area contributed by atoms with Crippen LogP contribution in [0.15, 0.2) is 101 Å². The lowest BCUT2D eigenvalue weighted by Gasteiger charge is -2.64. The molecule has 6 saturated heterocycles. The maximum absolute atomic E-state index is 12.6. The van der Waals surface area contributed by atoms with Crippen LogP contribution in [0.2, 0.25) is 59.7 Å². The van der Waals surface area contributed by atoms with Crippen LogP contribution >= 0.6 is 0 Å². The zero-order chi connectivity index (χ0) is 61.4. The van der Waals surface area contributed by atoms with Gasteiger partial charge in [-0.25, -0.2) is 38.4 Å². The molecule has 6 fully saturated rings. The summed E-state index contributed by atoms with van der Waals surface area (Å²) >= 11 is 0. The van der Waals surface area contributed by atoms with E-state index < -0.39 is 117 Å². The lowest BCUT2D eigenvalue weighted by atomic mass is 10.5. The molecule has 8 unspecified atom stereocenters. The second-order valence-electron chi connectivity index (χ2n) is 19.6. The van der Waals surface area contributed by atoms with Crippen LogP contribution in [0.25, 0.3) is 0 Å². The van der Waals surface area contributed by atoms with Crippen LogP contribution in [0.4, 0.5) is 0 Å². The van der Waals surface area contributed by atoms with Gasteiger partial charge in [-0.3, -0.25) is 0 Å². The molecule has 0 aliphatic carbocycles. The summed E-state index contributed by atoms with van der Waals surface area (Å²) in [6.07, 6.45) is 8.74. The van der Waals surface area contributed by atoms with Gasteiger partial charge in [-0.2, -0.15) is 0 Å². The molecule has 0 radical (unpaired) electrons. The zero-order valence-electron chi connectivity index (χ0n) is 47.3. The van der Waals surface area contributed by atoms with Crippen molar-refractivity contribution in [2.24, 2.45) is 0 Å². The van der Waals surface area contributed by atoms with Crippen LogP contribution < -0.4 is 0 Å². The van der Waals surface area contributed by atoms with Crippen molar-refractivity contribution >= 4 is 117 Å². The summed E-state index contributed by atoms with van der Waals surface area (Å²) in [7, 11) is -35.9. The topological polar surface area (TPSA) is 303 Å². The number of carbonyl (C=O) groups excluding carboxylic acids is 8. The van der Waals surface area contributed by atoms with Gasteiger partial charge in [0.25, 0.3) is 0 Å². The van der Waals surface area contributed by atoms with Gasteiger partial charge in [-0.05, 0) is 75.5 Å². The molecule has 464 valence electrons.